The second-order valence-corrected chi connectivity index (χ2v) is 6.49. The minimum Gasteiger partial charge on any atom is -0.366 e. The van der Waals surface area contributed by atoms with E-state index in [1.165, 1.54) is 24.4 Å². The van der Waals surface area contributed by atoms with Gasteiger partial charge in [-0.05, 0) is 36.4 Å². The molecule has 3 heterocycles. The van der Waals surface area contributed by atoms with Gasteiger partial charge in [0.15, 0.2) is 11.6 Å². The highest BCUT2D eigenvalue weighted by molar-refractivity contribution is 6.07. The molecule has 0 fully saturated rings. The van der Waals surface area contributed by atoms with Crippen molar-refractivity contribution in [2.24, 2.45) is 5.73 Å². The number of carbonyl (C=O) groups is 2. The van der Waals surface area contributed by atoms with E-state index < -0.39 is 23.3 Å². The molecule has 4 rings (SSSR count). The van der Waals surface area contributed by atoms with E-state index in [1.54, 1.807) is 24.5 Å². The number of benzene rings is 1. The first-order valence-electron chi connectivity index (χ1n) is 8.83. The normalized spacial score (nSPS) is 11.3. The minimum atomic E-state index is -1.09. The Bertz CT molecular complexity index is 1310. The number of rotatable bonds is 5. The summed E-state index contributed by atoms with van der Waals surface area (Å²) >= 11 is 0. The number of ketones is 1. The zero-order valence-electron chi connectivity index (χ0n) is 15.4. The lowest BCUT2D eigenvalue weighted by molar-refractivity contribution is -0.113. The SMILES string of the molecule is NC(=O)/C=C/c1c[nH]c2ncc(-c3ccc(C(=O)c4ccc(F)c(F)c4)nc3)cc12. The second-order valence-electron chi connectivity index (χ2n) is 6.49. The molecule has 0 radical (unpaired) electrons. The molecule has 0 saturated heterocycles. The fourth-order valence-electron chi connectivity index (χ4n) is 2.98. The molecule has 3 N–H and O–H groups in total. The number of pyridine rings is 2. The Morgan fingerprint density at radius 2 is 1.77 bits per heavy atom. The van der Waals surface area contributed by atoms with Gasteiger partial charge < -0.3 is 10.7 Å². The maximum absolute atomic E-state index is 13.4. The molecule has 0 saturated carbocycles. The van der Waals surface area contributed by atoms with Crippen LogP contribution in [0.5, 0.6) is 0 Å². The average molecular weight is 404 g/mol. The molecule has 0 bridgehead atoms. The number of aromatic nitrogens is 3. The summed E-state index contributed by atoms with van der Waals surface area (Å²) in [5.41, 5.74) is 8.09. The number of hydrogen-bond donors (Lipinski definition) is 2. The fourth-order valence-corrected chi connectivity index (χ4v) is 2.98. The van der Waals surface area contributed by atoms with E-state index in [9.17, 15) is 18.4 Å². The molecule has 0 aliphatic carbocycles. The first kappa shape index (κ1) is 19.1. The number of nitrogens with zero attached hydrogens (tertiary/aromatic N) is 2. The van der Waals surface area contributed by atoms with Crippen LogP contribution in [0.1, 0.15) is 21.6 Å². The van der Waals surface area contributed by atoms with Crippen LogP contribution in [-0.2, 0) is 4.79 Å². The number of aromatic amines is 1. The van der Waals surface area contributed by atoms with Crippen LogP contribution in [0.2, 0.25) is 0 Å². The summed E-state index contributed by atoms with van der Waals surface area (Å²) in [5, 5.41) is 0.784. The molecule has 1 aromatic carbocycles. The Balaban J connectivity index is 1.64. The molecule has 6 nitrogen and oxygen atoms in total. The van der Waals surface area contributed by atoms with Crippen LogP contribution >= 0.6 is 0 Å². The van der Waals surface area contributed by atoms with Gasteiger partial charge in [-0.2, -0.15) is 0 Å². The summed E-state index contributed by atoms with van der Waals surface area (Å²) in [5.74, 6) is -3.19. The molecule has 4 aromatic rings. The topological polar surface area (TPSA) is 102 Å². The predicted octanol–water partition coefficient (Wildman–Crippen LogP) is 3.63. The van der Waals surface area contributed by atoms with Crippen molar-refractivity contribution < 1.29 is 18.4 Å². The second kappa shape index (κ2) is 7.67. The van der Waals surface area contributed by atoms with Gasteiger partial charge in [-0.1, -0.05) is 6.07 Å². The molecular formula is C22H14F2N4O2. The Hall–Kier alpha value is -4.20. The molecule has 1 amide bonds. The van der Waals surface area contributed by atoms with Gasteiger partial charge in [0, 0.05) is 52.3 Å². The van der Waals surface area contributed by atoms with Gasteiger partial charge in [-0.25, -0.2) is 13.8 Å². The van der Waals surface area contributed by atoms with Crippen molar-refractivity contribution in [1.29, 1.82) is 0 Å². The molecule has 0 unspecified atom stereocenters. The lowest BCUT2D eigenvalue weighted by Crippen LogP contribution is -2.05. The first-order chi connectivity index (χ1) is 14.4. The van der Waals surface area contributed by atoms with Gasteiger partial charge in [0.05, 0.1) is 0 Å². The van der Waals surface area contributed by atoms with E-state index >= 15 is 0 Å². The highest BCUT2D eigenvalue weighted by Crippen LogP contribution is 2.25. The summed E-state index contributed by atoms with van der Waals surface area (Å²) in [4.78, 5) is 35.0. The number of nitrogens with two attached hydrogens (primary N) is 1. The first-order valence-corrected chi connectivity index (χ1v) is 8.83. The number of H-pyrrole nitrogens is 1. The predicted molar refractivity (Wildman–Crippen MR) is 107 cm³/mol. The number of nitrogens with one attached hydrogen (secondary N) is 1. The van der Waals surface area contributed by atoms with E-state index in [1.807, 2.05) is 6.07 Å². The van der Waals surface area contributed by atoms with E-state index in [0.717, 1.165) is 28.6 Å². The van der Waals surface area contributed by atoms with Crippen molar-refractivity contribution in [3.8, 4) is 11.1 Å². The molecule has 148 valence electrons. The van der Waals surface area contributed by atoms with E-state index in [2.05, 4.69) is 15.0 Å². The van der Waals surface area contributed by atoms with E-state index in [4.69, 9.17) is 5.73 Å². The molecule has 0 spiro atoms. The van der Waals surface area contributed by atoms with Crippen LogP contribution in [0.3, 0.4) is 0 Å². The standard InChI is InChI=1S/C22H14F2N4O2/c23-17-4-1-12(8-18(17)24)21(30)19-5-2-13(9-26-19)15-7-16-14(3-6-20(25)29)10-27-22(16)28-11-15/h1-11H,(H2,25,29)(H,27,28)/b6-3+. The summed E-state index contributed by atoms with van der Waals surface area (Å²) < 4.78 is 26.5. The van der Waals surface area contributed by atoms with Crippen molar-refractivity contribution in [2.45, 2.75) is 0 Å². The van der Waals surface area contributed by atoms with E-state index in [-0.39, 0.29) is 11.3 Å². The molecule has 0 aliphatic heterocycles. The lowest BCUT2D eigenvalue weighted by Gasteiger charge is -2.05. The van der Waals surface area contributed by atoms with Gasteiger partial charge in [0.25, 0.3) is 0 Å². The van der Waals surface area contributed by atoms with Crippen molar-refractivity contribution in [3.05, 3.63) is 89.5 Å². The number of primary amides is 1. The largest absolute Gasteiger partial charge is 0.366 e. The van der Waals surface area contributed by atoms with Crippen molar-refractivity contribution in [3.63, 3.8) is 0 Å². The molecule has 0 atom stereocenters. The number of amides is 1. The molecule has 3 aromatic heterocycles. The van der Waals surface area contributed by atoms with Crippen molar-refractivity contribution >= 4 is 28.8 Å². The number of halogens is 2. The fraction of sp³-hybridized carbons (Fsp3) is 0. The van der Waals surface area contributed by atoms with Crippen LogP contribution in [0.25, 0.3) is 28.2 Å². The average Bonchev–Trinajstić information content (AvgIpc) is 3.16. The van der Waals surface area contributed by atoms with Gasteiger partial charge in [-0.3, -0.25) is 14.6 Å². The Morgan fingerprint density at radius 1 is 0.967 bits per heavy atom. The zero-order valence-corrected chi connectivity index (χ0v) is 15.4. The summed E-state index contributed by atoms with van der Waals surface area (Å²) in [6, 6.07) is 8.02. The zero-order chi connectivity index (χ0) is 21.3. The third-order valence-corrected chi connectivity index (χ3v) is 4.50. The Labute approximate surface area is 169 Å². The summed E-state index contributed by atoms with van der Waals surface area (Å²) in [6.07, 6.45) is 7.71. The Kier molecular flexibility index (Phi) is 4.89. The van der Waals surface area contributed by atoms with Crippen LogP contribution in [0.15, 0.2) is 61.1 Å². The van der Waals surface area contributed by atoms with E-state index in [0.29, 0.717) is 11.2 Å². The maximum Gasteiger partial charge on any atom is 0.241 e. The monoisotopic (exact) mass is 404 g/mol. The Morgan fingerprint density at radius 3 is 2.47 bits per heavy atom. The van der Waals surface area contributed by atoms with Crippen LogP contribution in [0, 0.1) is 11.6 Å². The van der Waals surface area contributed by atoms with Crippen molar-refractivity contribution in [1.82, 2.24) is 15.0 Å². The maximum atomic E-state index is 13.4. The molecule has 8 heteroatoms. The molecular weight excluding hydrogens is 390 g/mol. The molecule has 30 heavy (non-hydrogen) atoms. The van der Waals surface area contributed by atoms with Crippen LogP contribution < -0.4 is 5.73 Å². The summed E-state index contributed by atoms with van der Waals surface area (Å²) in [7, 11) is 0. The quantitative estimate of drug-likeness (QED) is 0.392. The third kappa shape index (κ3) is 3.70. The minimum absolute atomic E-state index is 0.00967. The third-order valence-electron chi connectivity index (χ3n) is 4.50. The van der Waals surface area contributed by atoms with Crippen LogP contribution in [0.4, 0.5) is 8.78 Å². The van der Waals surface area contributed by atoms with Gasteiger partial charge in [0.1, 0.15) is 11.3 Å². The molecule has 0 aliphatic rings. The number of carbonyl (C=O) groups excluding carboxylic acids is 2. The highest BCUT2D eigenvalue weighted by atomic mass is 19.2. The number of hydrogen-bond acceptors (Lipinski definition) is 4. The lowest BCUT2D eigenvalue weighted by atomic mass is 10.0. The highest BCUT2D eigenvalue weighted by Gasteiger charge is 2.14. The van der Waals surface area contributed by atoms with Gasteiger partial charge in [0.2, 0.25) is 11.7 Å². The smallest absolute Gasteiger partial charge is 0.241 e. The summed E-state index contributed by atoms with van der Waals surface area (Å²) in [6.45, 7) is 0. The van der Waals surface area contributed by atoms with Crippen molar-refractivity contribution in [2.75, 3.05) is 0 Å². The number of fused-ring (bicyclic) bond motifs is 1. The van der Waals surface area contributed by atoms with Crippen LogP contribution in [-0.4, -0.2) is 26.6 Å². The van der Waals surface area contributed by atoms with Gasteiger partial charge >= 0.3 is 0 Å². The van der Waals surface area contributed by atoms with Gasteiger partial charge in [-0.15, -0.1) is 0 Å².